The summed E-state index contributed by atoms with van der Waals surface area (Å²) in [6, 6.07) is 15.4. The van der Waals surface area contributed by atoms with Crippen molar-refractivity contribution in [2.45, 2.75) is 77.5 Å². The zero-order valence-electron chi connectivity index (χ0n) is 25.6. The fraction of sp³-hybridized carbons (Fsp3) is 0.515. The van der Waals surface area contributed by atoms with Crippen molar-refractivity contribution in [1.82, 2.24) is 15.1 Å². The van der Waals surface area contributed by atoms with Crippen molar-refractivity contribution in [2.24, 2.45) is 5.92 Å². The van der Waals surface area contributed by atoms with E-state index in [0.717, 1.165) is 12.0 Å². The molecule has 2 fully saturated rings. The molecule has 2 atom stereocenters. The monoisotopic (exact) mass is 592 g/mol. The van der Waals surface area contributed by atoms with Crippen molar-refractivity contribution < 1.29 is 28.7 Å². The van der Waals surface area contributed by atoms with Crippen LogP contribution in [0.2, 0.25) is 0 Å². The number of hydrogen-bond donors (Lipinski definition) is 2. The van der Waals surface area contributed by atoms with Crippen LogP contribution >= 0.6 is 0 Å². The number of piperidine rings is 1. The second kappa shape index (κ2) is 14.4. The van der Waals surface area contributed by atoms with E-state index in [9.17, 15) is 19.2 Å². The lowest BCUT2D eigenvalue weighted by Gasteiger charge is -2.35. The summed E-state index contributed by atoms with van der Waals surface area (Å²) in [5.74, 6) is -0.224. The first kappa shape index (κ1) is 31.8. The number of ether oxygens (including phenoxy) is 2. The van der Waals surface area contributed by atoms with Crippen LogP contribution in [-0.2, 0) is 25.5 Å². The van der Waals surface area contributed by atoms with Crippen molar-refractivity contribution >= 4 is 29.5 Å². The molecule has 2 heterocycles. The van der Waals surface area contributed by atoms with Crippen LogP contribution in [0.1, 0.15) is 58.9 Å². The largest absolute Gasteiger partial charge is 0.494 e. The number of benzene rings is 2. The van der Waals surface area contributed by atoms with Crippen LogP contribution in [0.4, 0.5) is 10.5 Å². The first-order valence-corrected chi connectivity index (χ1v) is 15.2. The molecular weight excluding hydrogens is 548 g/mol. The van der Waals surface area contributed by atoms with Gasteiger partial charge in [-0.1, -0.05) is 30.3 Å². The second-order valence-electron chi connectivity index (χ2n) is 12.1. The Bertz CT molecular complexity index is 1250. The minimum Gasteiger partial charge on any atom is -0.494 e. The maximum atomic E-state index is 13.4. The predicted octanol–water partition coefficient (Wildman–Crippen LogP) is 4.39. The molecule has 2 aromatic carbocycles. The lowest BCUT2D eigenvalue weighted by atomic mass is 9.94. The number of hydrogen-bond acceptors (Lipinski definition) is 6. The highest BCUT2D eigenvalue weighted by molar-refractivity contribution is 5.97. The highest BCUT2D eigenvalue weighted by Crippen LogP contribution is 2.26. The van der Waals surface area contributed by atoms with Gasteiger partial charge in [0.15, 0.2) is 0 Å². The fourth-order valence-electron chi connectivity index (χ4n) is 5.51. The molecule has 4 amide bonds. The van der Waals surface area contributed by atoms with Crippen LogP contribution in [0.15, 0.2) is 54.6 Å². The van der Waals surface area contributed by atoms with Gasteiger partial charge in [0.05, 0.1) is 6.61 Å². The van der Waals surface area contributed by atoms with Gasteiger partial charge >= 0.3 is 6.09 Å². The smallest absolute Gasteiger partial charge is 0.410 e. The molecular formula is C33H44N4O6. The number of nitrogens with zero attached hydrogens (tertiary/aromatic N) is 2. The Hall–Kier alpha value is -4.08. The summed E-state index contributed by atoms with van der Waals surface area (Å²) in [5.41, 5.74) is 0.906. The summed E-state index contributed by atoms with van der Waals surface area (Å²) in [4.78, 5) is 56.1. The second-order valence-corrected chi connectivity index (χ2v) is 12.1. The number of rotatable bonds is 9. The van der Waals surface area contributed by atoms with E-state index in [1.807, 2.05) is 58.0 Å². The summed E-state index contributed by atoms with van der Waals surface area (Å²) < 4.78 is 11.0. The molecule has 232 valence electrons. The van der Waals surface area contributed by atoms with E-state index in [4.69, 9.17) is 9.47 Å². The molecule has 2 aromatic rings. The van der Waals surface area contributed by atoms with Gasteiger partial charge in [-0.15, -0.1) is 0 Å². The van der Waals surface area contributed by atoms with E-state index in [1.165, 1.54) is 4.90 Å². The number of amides is 4. The Kier molecular flexibility index (Phi) is 10.7. The first-order chi connectivity index (χ1) is 20.5. The highest BCUT2D eigenvalue weighted by Gasteiger charge is 2.40. The van der Waals surface area contributed by atoms with Gasteiger partial charge in [0.25, 0.3) is 0 Å². The highest BCUT2D eigenvalue weighted by atomic mass is 16.6. The summed E-state index contributed by atoms with van der Waals surface area (Å²) in [6.07, 6.45) is 2.18. The van der Waals surface area contributed by atoms with Gasteiger partial charge in [-0.3, -0.25) is 19.3 Å². The van der Waals surface area contributed by atoms with Crippen LogP contribution in [-0.4, -0.2) is 77.5 Å². The van der Waals surface area contributed by atoms with Crippen LogP contribution < -0.4 is 15.4 Å². The Morgan fingerprint density at radius 1 is 0.930 bits per heavy atom. The van der Waals surface area contributed by atoms with Gasteiger partial charge < -0.3 is 25.0 Å². The van der Waals surface area contributed by atoms with Gasteiger partial charge in [0.1, 0.15) is 23.4 Å². The predicted molar refractivity (Wildman–Crippen MR) is 164 cm³/mol. The molecule has 0 radical (unpaired) electrons. The van der Waals surface area contributed by atoms with Crippen molar-refractivity contribution in [2.75, 3.05) is 31.6 Å². The topological polar surface area (TPSA) is 117 Å². The van der Waals surface area contributed by atoms with Crippen LogP contribution in [0.25, 0.3) is 0 Å². The summed E-state index contributed by atoms with van der Waals surface area (Å²) >= 11 is 0. The zero-order valence-corrected chi connectivity index (χ0v) is 25.6. The number of likely N-dealkylation sites (tertiary alicyclic amines) is 2. The molecule has 2 N–H and O–H groups in total. The molecule has 10 nitrogen and oxygen atoms in total. The van der Waals surface area contributed by atoms with Crippen molar-refractivity contribution in [3.05, 3.63) is 60.2 Å². The van der Waals surface area contributed by atoms with Gasteiger partial charge in [-0.25, -0.2) is 4.79 Å². The van der Waals surface area contributed by atoms with Gasteiger partial charge in [-0.05, 0) is 83.2 Å². The normalized spacial score (nSPS) is 18.1. The van der Waals surface area contributed by atoms with E-state index >= 15 is 0 Å². The zero-order chi connectivity index (χ0) is 31.0. The van der Waals surface area contributed by atoms with Crippen molar-refractivity contribution in [3.8, 4) is 5.75 Å². The molecule has 0 aromatic heterocycles. The molecule has 2 unspecified atom stereocenters. The standard InChI is InChI=1S/C33H44N4O6/c1-5-42-26-15-13-25(14-16-26)34-30(39)27(22-23-10-7-6-8-11-23)35-29(38)24-17-20-36(21-18-24)31(40)28-12-9-19-37(28)32(41)43-33(2,3)4/h6-8,10-11,13-16,24,27-28H,5,9,12,17-22H2,1-4H3,(H,34,39)(H,35,38). The van der Waals surface area contributed by atoms with Crippen LogP contribution in [0.3, 0.4) is 0 Å². The Morgan fingerprint density at radius 3 is 2.23 bits per heavy atom. The first-order valence-electron chi connectivity index (χ1n) is 15.2. The molecule has 0 bridgehead atoms. The Balaban J connectivity index is 1.35. The maximum Gasteiger partial charge on any atom is 0.410 e. The quantitative estimate of drug-likeness (QED) is 0.446. The van der Waals surface area contributed by atoms with Gasteiger partial charge in [0, 0.05) is 37.7 Å². The number of nitrogens with one attached hydrogen (secondary N) is 2. The molecule has 4 rings (SSSR count). The average Bonchev–Trinajstić information content (AvgIpc) is 3.48. The summed E-state index contributed by atoms with van der Waals surface area (Å²) in [5, 5.41) is 5.90. The SMILES string of the molecule is CCOc1ccc(NC(=O)C(Cc2ccccc2)NC(=O)C2CCN(C(=O)C3CCCN3C(=O)OC(C)(C)C)CC2)cc1. The van der Waals surface area contributed by atoms with E-state index in [1.54, 1.807) is 29.2 Å². The minimum absolute atomic E-state index is 0.0982. The fourth-order valence-corrected chi connectivity index (χ4v) is 5.51. The third kappa shape index (κ3) is 8.95. The van der Waals surface area contributed by atoms with Crippen LogP contribution in [0, 0.1) is 5.92 Å². The van der Waals surface area contributed by atoms with Crippen molar-refractivity contribution in [1.29, 1.82) is 0 Å². The molecule has 0 aliphatic carbocycles. The maximum absolute atomic E-state index is 13.4. The van der Waals surface area contributed by atoms with E-state index in [2.05, 4.69) is 10.6 Å². The lowest BCUT2D eigenvalue weighted by Crippen LogP contribution is -2.53. The number of carbonyl (C=O) groups is 4. The average molecular weight is 593 g/mol. The molecule has 2 saturated heterocycles. The van der Waals surface area contributed by atoms with Crippen molar-refractivity contribution in [3.63, 3.8) is 0 Å². The molecule has 10 heteroatoms. The summed E-state index contributed by atoms with van der Waals surface area (Å²) in [6.45, 7) is 9.20. The lowest BCUT2D eigenvalue weighted by molar-refractivity contribution is -0.139. The van der Waals surface area contributed by atoms with E-state index < -0.39 is 23.8 Å². The third-order valence-corrected chi connectivity index (χ3v) is 7.69. The molecule has 2 aliphatic rings. The molecule has 0 saturated carbocycles. The Morgan fingerprint density at radius 2 is 1.60 bits per heavy atom. The number of anilines is 1. The summed E-state index contributed by atoms with van der Waals surface area (Å²) in [7, 11) is 0. The van der Waals surface area contributed by atoms with E-state index in [-0.39, 0.29) is 23.6 Å². The Labute approximate surface area is 254 Å². The third-order valence-electron chi connectivity index (χ3n) is 7.69. The number of carbonyl (C=O) groups excluding carboxylic acids is 4. The van der Waals surface area contributed by atoms with Gasteiger partial charge in [0.2, 0.25) is 17.7 Å². The molecule has 0 spiro atoms. The molecule has 43 heavy (non-hydrogen) atoms. The van der Waals surface area contributed by atoms with E-state index in [0.29, 0.717) is 63.4 Å². The minimum atomic E-state index is -0.776. The van der Waals surface area contributed by atoms with Crippen LogP contribution in [0.5, 0.6) is 5.75 Å². The molecule has 2 aliphatic heterocycles. The van der Waals surface area contributed by atoms with Gasteiger partial charge in [-0.2, -0.15) is 0 Å².